The van der Waals surface area contributed by atoms with Crippen molar-refractivity contribution in [3.05, 3.63) is 0 Å². The molecule has 3 aliphatic rings. The fourth-order valence-electron chi connectivity index (χ4n) is 4.22. The predicted molar refractivity (Wildman–Crippen MR) is 48.4 cm³/mol. The van der Waals surface area contributed by atoms with Crippen LogP contribution in [-0.2, 0) is 0 Å². The molecule has 0 heterocycles. The van der Waals surface area contributed by atoms with Crippen LogP contribution in [0.5, 0.6) is 0 Å². The van der Waals surface area contributed by atoms with Gasteiger partial charge in [-0.3, -0.25) is 0 Å². The van der Waals surface area contributed by atoms with Crippen molar-refractivity contribution in [2.75, 3.05) is 0 Å². The number of rotatable bonds is 0. The Bertz CT molecular complexity index is 182. The van der Waals surface area contributed by atoms with E-state index in [1.807, 2.05) is 0 Å². The fourth-order valence-corrected chi connectivity index (χ4v) is 4.22. The molecular formula is C11H20. The van der Waals surface area contributed by atoms with E-state index < -0.39 is 0 Å². The van der Waals surface area contributed by atoms with Crippen LogP contribution >= 0.6 is 0 Å². The molecule has 0 amide bonds. The Labute approximate surface area is 70.4 Å². The van der Waals surface area contributed by atoms with Gasteiger partial charge in [-0.1, -0.05) is 34.6 Å². The summed E-state index contributed by atoms with van der Waals surface area (Å²) in [6.45, 7) is 12.3. The van der Waals surface area contributed by atoms with Gasteiger partial charge in [-0.15, -0.1) is 0 Å². The zero-order chi connectivity index (χ0) is 8.49. The summed E-state index contributed by atoms with van der Waals surface area (Å²) in [5.41, 5.74) is 1.87. The van der Waals surface area contributed by atoms with Gasteiger partial charge in [0.25, 0.3) is 0 Å². The first kappa shape index (κ1) is 7.64. The summed E-state index contributed by atoms with van der Waals surface area (Å²) in [6.07, 6.45) is 2.92. The van der Waals surface area contributed by atoms with Crippen LogP contribution in [0.4, 0.5) is 0 Å². The Morgan fingerprint density at radius 2 is 1.36 bits per heavy atom. The highest BCUT2D eigenvalue weighted by Crippen LogP contribution is 2.79. The average molecular weight is 152 g/mol. The molecule has 0 aliphatic heterocycles. The Morgan fingerprint density at radius 1 is 0.909 bits per heavy atom. The minimum atomic E-state index is 0.622. The quantitative estimate of drug-likeness (QED) is 0.498. The lowest BCUT2D eigenvalue weighted by molar-refractivity contribution is -0.180. The van der Waals surface area contributed by atoms with E-state index in [0.717, 1.165) is 5.92 Å². The van der Waals surface area contributed by atoms with Gasteiger partial charge in [-0.05, 0) is 35.0 Å². The molecule has 3 saturated carbocycles. The van der Waals surface area contributed by atoms with E-state index in [4.69, 9.17) is 0 Å². The van der Waals surface area contributed by atoms with E-state index in [1.165, 1.54) is 12.8 Å². The summed E-state index contributed by atoms with van der Waals surface area (Å²) in [5.74, 6) is 0.986. The second-order valence-corrected chi connectivity index (χ2v) is 5.87. The summed E-state index contributed by atoms with van der Waals surface area (Å²) in [7, 11) is 0. The van der Waals surface area contributed by atoms with Crippen molar-refractivity contribution in [1.29, 1.82) is 0 Å². The Morgan fingerprint density at radius 3 is 1.45 bits per heavy atom. The third kappa shape index (κ3) is 0.494. The van der Waals surface area contributed by atoms with Crippen molar-refractivity contribution in [2.45, 2.75) is 47.5 Å². The molecule has 3 fully saturated rings. The molecule has 0 aromatic heterocycles. The van der Waals surface area contributed by atoms with Gasteiger partial charge in [0.1, 0.15) is 0 Å². The maximum absolute atomic E-state index is 2.48. The smallest absolute Gasteiger partial charge is 0.0218 e. The lowest BCUT2D eigenvalue weighted by Gasteiger charge is -2.66. The minimum Gasteiger partial charge on any atom is -0.0591 e. The Balaban J connectivity index is 2.43. The van der Waals surface area contributed by atoms with Crippen molar-refractivity contribution < 1.29 is 0 Å². The van der Waals surface area contributed by atoms with Crippen molar-refractivity contribution in [3.63, 3.8) is 0 Å². The molecule has 3 aliphatic carbocycles. The van der Waals surface area contributed by atoms with Gasteiger partial charge >= 0.3 is 0 Å². The number of hydrogen-bond acceptors (Lipinski definition) is 0. The summed E-state index contributed by atoms with van der Waals surface area (Å²) >= 11 is 0. The topological polar surface area (TPSA) is 0 Å². The van der Waals surface area contributed by atoms with Gasteiger partial charge < -0.3 is 0 Å². The van der Waals surface area contributed by atoms with Crippen molar-refractivity contribution in [1.82, 2.24) is 0 Å². The molecule has 0 saturated heterocycles. The number of hydrogen-bond donors (Lipinski definition) is 0. The van der Waals surface area contributed by atoms with Crippen LogP contribution in [0.15, 0.2) is 0 Å². The normalized spacial score (nSPS) is 50.5. The van der Waals surface area contributed by atoms with Crippen LogP contribution < -0.4 is 0 Å². The molecule has 0 unspecified atom stereocenters. The maximum Gasteiger partial charge on any atom is -0.0218 e. The average Bonchev–Trinajstić information content (AvgIpc) is 2.19. The van der Waals surface area contributed by atoms with Crippen molar-refractivity contribution >= 4 is 0 Å². The van der Waals surface area contributed by atoms with Gasteiger partial charge in [0.2, 0.25) is 0 Å². The molecule has 0 nitrogen and oxygen atoms in total. The van der Waals surface area contributed by atoms with E-state index in [1.54, 1.807) is 0 Å². The predicted octanol–water partition coefficient (Wildman–Crippen LogP) is 3.47. The first-order chi connectivity index (χ1) is 4.84. The zero-order valence-corrected chi connectivity index (χ0v) is 8.49. The third-order valence-electron chi connectivity index (χ3n) is 5.52. The lowest BCUT2D eigenvalue weighted by atomic mass is 9.38. The second-order valence-electron chi connectivity index (χ2n) is 5.87. The highest BCUT2D eigenvalue weighted by molar-refractivity contribution is 5.20. The standard InChI is InChI=1S/C11H20/c1-9(2)8-6-7-11(9,5)10(8,3)4/h8H,6-7H2,1-5H3. The SMILES string of the molecule is CC1(C)C2CCC1(C)C2(C)C. The van der Waals surface area contributed by atoms with Crippen molar-refractivity contribution in [2.24, 2.45) is 22.2 Å². The molecule has 11 heavy (non-hydrogen) atoms. The van der Waals surface area contributed by atoms with Crippen LogP contribution in [0.25, 0.3) is 0 Å². The third-order valence-corrected chi connectivity index (χ3v) is 5.52. The summed E-state index contributed by atoms with van der Waals surface area (Å²) in [6, 6.07) is 0. The van der Waals surface area contributed by atoms with E-state index in [0.29, 0.717) is 16.2 Å². The van der Waals surface area contributed by atoms with Crippen molar-refractivity contribution in [3.8, 4) is 0 Å². The molecular weight excluding hydrogens is 132 g/mol. The fraction of sp³-hybridized carbons (Fsp3) is 1.00. The highest BCUT2D eigenvalue weighted by atomic mass is 14.8. The molecule has 0 aromatic carbocycles. The highest BCUT2D eigenvalue weighted by Gasteiger charge is 2.72. The van der Waals surface area contributed by atoms with Gasteiger partial charge in [0.05, 0.1) is 0 Å². The largest absolute Gasteiger partial charge is 0.0591 e. The zero-order valence-electron chi connectivity index (χ0n) is 8.49. The van der Waals surface area contributed by atoms with E-state index in [9.17, 15) is 0 Å². The summed E-state index contributed by atoms with van der Waals surface area (Å²) in [5, 5.41) is 0. The molecule has 0 heteroatoms. The van der Waals surface area contributed by atoms with Crippen LogP contribution in [0, 0.1) is 22.2 Å². The summed E-state index contributed by atoms with van der Waals surface area (Å²) in [4.78, 5) is 0. The molecule has 0 N–H and O–H groups in total. The molecule has 0 radical (unpaired) electrons. The first-order valence-electron chi connectivity index (χ1n) is 4.84. The number of fused-ring (bicyclic) bond motifs is 1. The van der Waals surface area contributed by atoms with Gasteiger partial charge in [-0.25, -0.2) is 0 Å². The van der Waals surface area contributed by atoms with E-state index in [-0.39, 0.29) is 0 Å². The molecule has 0 aromatic rings. The first-order valence-corrected chi connectivity index (χ1v) is 4.84. The minimum absolute atomic E-state index is 0.622. The van der Waals surface area contributed by atoms with Crippen LogP contribution in [0.1, 0.15) is 47.5 Å². The lowest BCUT2D eigenvalue weighted by Crippen LogP contribution is -2.60. The molecule has 0 atom stereocenters. The summed E-state index contributed by atoms with van der Waals surface area (Å²) < 4.78 is 0. The molecule has 2 bridgehead atoms. The Hall–Kier alpha value is 0. The second kappa shape index (κ2) is 1.53. The van der Waals surface area contributed by atoms with Crippen LogP contribution in [-0.4, -0.2) is 0 Å². The van der Waals surface area contributed by atoms with Crippen LogP contribution in [0.2, 0.25) is 0 Å². The molecule has 3 rings (SSSR count). The van der Waals surface area contributed by atoms with Gasteiger partial charge in [0, 0.05) is 0 Å². The van der Waals surface area contributed by atoms with Gasteiger partial charge in [-0.2, -0.15) is 0 Å². The van der Waals surface area contributed by atoms with E-state index in [2.05, 4.69) is 34.6 Å². The Kier molecular flexibility index (Phi) is 1.06. The van der Waals surface area contributed by atoms with E-state index >= 15 is 0 Å². The molecule has 64 valence electrons. The van der Waals surface area contributed by atoms with Crippen LogP contribution in [0.3, 0.4) is 0 Å². The van der Waals surface area contributed by atoms with Gasteiger partial charge in [0.15, 0.2) is 0 Å². The maximum atomic E-state index is 2.48. The molecule has 0 spiro atoms. The monoisotopic (exact) mass is 152 g/mol.